The molecule has 52 heavy (non-hydrogen) atoms. The summed E-state index contributed by atoms with van der Waals surface area (Å²) in [6.45, 7) is 16.7. The maximum atomic E-state index is 4.93. The molecule has 0 heterocycles. The fourth-order valence-electron chi connectivity index (χ4n) is 13.0. The van der Waals surface area contributed by atoms with Gasteiger partial charge in [0, 0.05) is 15.4 Å². The third-order valence-electron chi connectivity index (χ3n) is 15.7. The zero-order valence-corrected chi connectivity index (χ0v) is 42.2. The Morgan fingerprint density at radius 3 is 2.00 bits per heavy atom. The predicted molar refractivity (Wildman–Crippen MR) is 238 cm³/mol. The predicted octanol–water partition coefficient (Wildman–Crippen LogP) is 13.8. The molecule has 290 valence electrons. The third-order valence-corrected chi connectivity index (χ3v) is 18.1. The molecule has 13 unspecified atom stereocenters. The summed E-state index contributed by atoms with van der Waals surface area (Å²) < 4.78 is 0. The van der Waals surface area contributed by atoms with Crippen molar-refractivity contribution in [2.45, 2.75) is 143 Å². The van der Waals surface area contributed by atoms with E-state index in [0.717, 1.165) is 47.3 Å². The Balaban J connectivity index is 0.000000163. The second-order valence-electron chi connectivity index (χ2n) is 17.8. The molecular weight excluding hydrogens is 783 g/mol. The van der Waals surface area contributed by atoms with Crippen molar-refractivity contribution in [1.29, 1.82) is 0 Å². The van der Waals surface area contributed by atoms with Crippen LogP contribution in [0.25, 0.3) is 16.8 Å². The van der Waals surface area contributed by atoms with E-state index in [9.17, 15) is 0 Å². The van der Waals surface area contributed by atoms with Gasteiger partial charge in [0.2, 0.25) is 0 Å². The van der Waals surface area contributed by atoms with Gasteiger partial charge in [-0.05, 0) is 106 Å². The van der Waals surface area contributed by atoms with Crippen LogP contribution in [0, 0.1) is 78.9 Å². The minimum atomic E-state index is -0.826. The van der Waals surface area contributed by atoms with Crippen molar-refractivity contribution in [1.82, 2.24) is 0 Å². The van der Waals surface area contributed by atoms with Crippen molar-refractivity contribution in [3.8, 4) is 0 Å². The molecule has 0 N–H and O–H groups in total. The molecule has 6 fully saturated rings. The van der Waals surface area contributed by atoms with Crippen LogP contribution in [-0.4, -0.2) is 19.8 Å². The van der Waals surface area contributed by atoms with E-state index in [-0.39, 0.29) is 16.9 Å². The Bertz CT molecular complexity index is 1390. The summed E-state index contributed by atoms with van der Waals surface area (Å²) in [5, 5.41) is 2.73. The Kier molecular flexibility index (Phi) is 18.8. The van der Waals surface area contributed by atoms with Gasteiger partial charge < -0.3 is 13.8 Å². The third kappa shape index (κ3) is 10.1. The molecule has 7 aliphatic carbocycles. The maximum absolute atomic E-state index is 4.93. The van der Waals surface area contributed by atoms with Gasteiger partial charge >= 0.3 is 37.9 Å². The Hall–Kier alpha value is 0.337. The fraction of sp³-hybridized carbons (Fsp3) is 0.702. The van der Waals surface area contributed by atoms with Crippen molar-refractivity contribution in [3.05, 3.63) is 66.9 Å². The van der Waals surface area contributed by atoms with Crippen LogP contribution in [-0.2, 0) is 20.8 Å². The van der Waals surface area contributed by atoms with E-state index in [1.165, 1.54) is 80.3 Å². The van der Waals surface area contributed by atoms with Gasteiger partial charge in [-0.15, -0.1) is 0 Å². The summed E-state index contributed by atoms with van der Waals surface area (Å²) in [6, 6.07) is 13.1. The van der Waals surface area contributed by atoms with Crippen LogP contribution < -0.4 is 0 Å². The van der Waals surface area contributed by atoms with E-state index in [4.69, 9.17) is 17.0 Å². The standard InChI is InChI=1S/C15H28Si.C15H25.C15H14.CH6Si.CH3.2ClH.Zr/c1-10-9-14-12-6-4-3-5-11(12)7-8-13(14)15(10)16-2;2*1-10-9-15-13(11(10)2)8-7-12-5-3-4-6-14(12)15;1-2;;;;/h10-15H,3-9,16H2,1-2H3;9-15H,3-8H2,1-2H3;3-9,11H,1-2H3;1-2H3;1H3;2*1H;/q;-1;;;-1;;;+4/p-2. The first-order valence-electron chi connectivity index (χ1n) is 21.8. The van der Waals surface area contributed by atoms with Crippen LogP contribution in [0.5, 0.6) is 0 Å². The normalized spacial score (nSPS) is 37.9. The average molecular weight is 859 g/mol. The van der Waals surface area contributed by atoms with Gasteiger partial charge in [0.1, 0.15) is 0 Å². The molecule has 7 aliphatic rings. The van der Waals surface area contributed by atoms with Crippen LogP contribution in [0.4, 0.5) is 0 Å². The number of benzene rings is 2. The second kappa shape index (κ2) is 21.7. The Morgan fingerprint density at radius 1 is 0.731 bits per heavy atom. The number of hydrogen-bond acceptors (Lipinski definition) is 0. The van der Waals surface area contributed by atoms with Crippen molar-refractivity contribution < 1.29 is 20.8 Å². The molecular formula is C47H76Cl2Si2Zr. The van der Waals surface area contributed by atoms with Gasteiger partial charge in [0.05, 0.1) is 0 Å². The first-order chi connectivity index (χ1) is 24.8. The summed E-state index contributed by atoms with van der Waals surface area (Å²) >= 11 is -0.826. The topological polar surface area (TPSA) is 0 Å². The van der Waals surface area contributed by atoms with Gasteiger partial charge in [0.15, 0.2) is 0 Å². The van der Waals surface area contributed by atoms with E-state index in [2.05, 4.69) is 96.6 Å². The molecule has 0 saturated heterocycles. The number of allylic oxidation sites excluding steroid dienone is 1. The Morgan fingerprint density at radius 2 is 1.33 bits per heavy atom. The summed E-state index contributed by atoms with van der Waals surface area (Å²) in [7, 11) is 11.4. The Labute approximate surface area is 346 Å². The van der Waals surface area contributed by atoms with E-state index in [1.54, 1.807) is 64.2 Å². The molecule has 5 heteroatoms. The van der Waals surface area contributed by atoms with Crippen LogP contribution in [0.15, 0.2) is 42.0 Å². The van der Waals surface area contributed by atoms with Gasteiger partial charge in [-0.25, -0.2) is 0 Å². The summed E-state index contributed by atoms with van der Waals surface area (Å²) in [4.78, 5) is 0. The average Bonchev–Trinajstić information content (AvgIpc) is 3.77. The molecule has 0 nitrogen and oxygen atoms in total. The van der Waals surface area contributed by atoms with E-state index in [1.807, 2.05) is 0 Å². The quantitative estimate of drug-likeness (QED) is 0.198. The summed E-state index contributed by atoms with van der Waals surface area (Å²) in [5.41, 5.74) is 5.60. The molecule has 2 aromatic carbocycles. The SMILES string of the molecule is CC1=Cc2c(ccc3ccccc23)C1C.CC1[CH-]C2C3CCCCC3CCC2C1C.C[SiH2]C1C(C)CC2C3CCCCC3CCC21.C[SiH3].[CH3-].[Cl][Zr+2][Cl]. The van der Waals surface area contributed by atoms with Crippen LogP contribution >= 0.6 is 17.0 Å². The van der Waals surface area contributed by atoms with E-state index in [0.29, 0.717) is 5.92 Å². The molecule has 6 saturated carbocycles. The molecule has 0 aromatic heterocycles. The van der Waals surface area contributed by atoms with Crippen LogP contribution in [0.1, 0.15) is 135 Å². The number of rotatable bonds is 1. The minimum absolute atomic E-state index is 0. The van der Waals surface area contributed by atoms with Gasteiger partial charge in [-0.3, -0.25) is 0 Å². The van der Waals surface area contributed by atoms with E-state index >= 15 is 0 Å². The zero-order valence-electron chi connectivity index (χ0n) is 34.8. The van der Waals surface area contributed by atoms with Crippen molar-refractivity contribution in [2.24, 2.45) is 65.1 Å². The zero-order chi connectivity index (χ0) is 36.7. The summed E-state index contributed by atoms with van der Waals surface area (Å²) in [6.07, 6.45) is 25.4. The molecule has 2 aromatic rings. The number of hydrogen-bond donors (Lipinski definition) is 0. The molecule has 13 atom stereocenters. The number of fused-ring (bicyclic) bond motifs is 9. The molecule has 0 spiro atoms. The molecule has 0 amide bonds. The summed E-state index contributed by atoms with van der Waals surface area (Å²) in [5.74, 6) is 12.5. The van der Waals surface area contributed by atoms with Gasteiger partial charge in [0.25, 0.3) is 0 Å². The van der Waals surface area contributed by atoms with Crippen molar-refractivity contribution in [3.63, 3.8) is 0 Å². The van der Waals surface area contributed by atoms with Crippen LogP contribution in [0.3, 0.4) is 0 Å². The molecule has 0 radical (unpaired) electrons. The number of halogens is 2. The van der Waals surface area contributed by atoms with Crippen molar-refractivity contribution >= 4 is 53.6 Å². The van der Waals surface area contributed by atoms with Crippen molar-refractivity contribution in [2.75, 3.05) is 0 Å². The van der Waals surface area contributed by atoms with Gasteiger partial charge in [-0.1, -0.05) is 164 Å². The molecule has 0 bridgehead atoms. The monoisotopic (exact) mass is 856 g/mol. The van der Waals surface area contributed by atoms with Gasteiger partial charge in [-0.2, -0.15) is 11.8 Å². The molecule has 9 rings (SSSR count). The second-order valence-corrected chi connectivity index (χ2v) is 23.3. The fourth-order valence-corrected chi connectivity index (χ4v) is 15.2. The molecule has 0 aliphatic heterocycles. The van der Waals surface area contributed by atoms with E-state index < -0.39 is 20.8 Å². The first kappa shape index (κ1) is 45.0. The first-order valence-corrected chi connectivity index (χ1v) is 32.3. The van der Waals surface area contributed by atoms with Crippen LogP contribution in [0.2, 0.25) is 18.6 Å².